The monoisotopic (exact) mass is 391 g/mol. The Morgan fingerprint density at radius 1 is 1.35 bits per heavy atom. The Hall–Kier alpha value is -2.38. The highest BCUT2D eigenvalue weighted by atomic mass is 35.5. The van der Waals surface area contributed by atoms with Crippen LogP contribution in [0.3, 0.4) is 0 Å². The first kappa shape index (κ1) is 18.4. The number of nitrogens with zero attached hydrogens (tertiary/aromatic N) is 3. The van der Waals surface area contributed by atoms with E-state index >= 15 is 0 Å². The molecule has 0 bridgehead atoms. The Kier molecular flexibility index (Phi) is 5.29. The fourth-order valence-electron chi connectivity index (χ4n) is 2.51. The molecule has 0 N–H and O–H groups in total. The molecule has 3 rings (SSSR count). The Morgan fingerprint density at radius 2 is 2.12 bits per heavy atom. The van der Waals surface area contributed by atoms with Gasteiger partial charge in [0.25, 0.3) is 5.91 Å². The summed E-state index contributed by atoms with van der Waals surface area (Å²) in [5.41, 5.74) is 2.16. The van der Waals surface area contributed by atoms with Crippen molar-refractivity contribution in [2.24, 2.45) is 4.99 Å². The molecular weight excluding hydrogens is 374 g/mol. The molecule has 0 fully saturated rings. The van der Waals surface area contributed by atoms with Crippen molar-refractivity contribution in [1.29, 1.82) is 0 Å². The molecule has 2 aromatic heterocycles. The molecule has 8 heteroatoms. The van der Waals surface area contributed by atoms with Crippen molar-refractivity contribution in [3.05, 3.63) is 61.7 Å². The van der Waals surface area contributed by atoms with E-state index in [2.05, 4.69) is 10.1 Å². The van der Waals surface area contributed by atoms with Crippen LogP contribution >= 0.6 is 22.9 Å². The molecule has 2 heterocycles. The van der Waals surface area contributed by atoms with E-state index in [9.17, 15) is 4.79 Å². The highest BCUT2D eigenvalue weighted by Gasteiger charge is 2.15. The van der Waals surface area contributed by atoms with Gasteiger partial charge in [0.1, 0.15) is 5.75 Å². The number of aromatic nitrogens is 2. The number of benzene rings is 1. The lowest BCUT2D eigenvalue weighted by molar-refractivity contribution is 0.0995. The lowest BCUT2D eigenvalue weighted by atomic mass is 10.2. The number of carbonyl (C=O) groups excluding carboxylic acids is 1. The fourth-order valence-corrected chi connectivity index (χ4v) is 3.65. The maximum Gasteiger partial charge on any atom is 0.283 e. The van der Waals surface area contributed by atoms with Gasteiger partial charge in [0, 0.05) is 21.7 Å². The second-order valence-electron chi connectivity index (χ2n) is 5.81. The van der Waals surface area contributed by atoms with Crippen LogP contribution in [0.5, 0.6) is 5.75 Å². The van der Waals surface area contributed by atoms with E-state index in [0.29, 0.717) is 33.4 Å². The normalized spacial score (nSPS) is 11.8. The summed E-state index contributed by atoms with van der Waals surface area (Å²) >= 11 is 7.47. The molecule has 3 aromatic rings. The number of carbonyl (C=O) groups is 1. The lowest BCUT2D eigenvalue weighted by Gasteiger charge is -2.06. The van der Waals surface area contributed by atoms with Crippen LogP contribution in [0.4, 0.5) is 0 Å². The third-order valence-electron chi connectivity index (χ3n) is 3.97. The summed E-state index contributed by atoms with van der Waals surface area (Å²) in [5.74, 6) is 0.733. The van der Waals surface area contributed by atoms with Gasteiger partial charge >= 0.3 is 0 Å². The molecule has 0 aliphatic carbocycles. The third-order valence-corrected chi connectivity index (χ3v) is 5.30. The fraction of sp³-hybridized carbons (Fsp3) is 0.278. The minimum atomic E-state index is -0.409. The van der Waals surface area contributed by atoms with Gasteiger partial charge in [-0.3, -0.25) is 4.79 Å². The molecule has 0 saturated heterocycles. The Labute approximate surface area is 159 Å². The van der Waals surface area contributed by atoms with Crippen molar-refractivity contribution in [3.63, 3.8) is 0 Å². The molecule has 0 atom stereocenters. The number of halogens is 1. The van der Waals surface area contributed by atoms with Crippen molar-refractivity contribution < 1.29 is 14.1 Å². The summed E-state index contributed by atoms with van der Waals surface area (Å²) in [6.07, 6.45) is 0. The Morgan fingerprint density at radius 3 is 2.77 bits per heavy atom. The van der Waals surface area contributed by atoms with Gasteiger partial charge < -0.3 is 13.8 Å². The SMILES string of the molecule is COc1ccc(Cl)cc1C(=O)/N=c1\sc(C)c(C)n1Cc1cc(C)no1. The molecule has 1 amide bonds. The van der Waals surface area contributed by atoms with E-state index in [0.717, 1.165) is 16.3 Å². The molecular formula is C18H18ClN3O3S. The lowest BCUT2D eigenvalue weighted by Crippen LogP contribution is -2.19. The topological polar surface area (TPSA) is 69.6 Å². The van der Waals surface area contributed by atoms with Crippen LogP contribution in [0.2, 0.25) is 5.02 Å². The Bertz CT molecular complexity index is 1030. The molecule has 0 aliphatic heterocycles. The number of thiazole rings is 1. The summed E-state index contributed by atoms with van der Waals surface area (Å²) < 4.78 is 12.5. The van der Waals surface area contributed by atoms with Gasteiger partial charge in [-0.2, -0.15) is 4.99 Å². The van der Waals surface area contributed by atoms with Gasteiger partial charge in [0.2, 0.25) is 0 Å². The summed E-state index contributed by atoms with van der Waals surface area (Å²) in [7, 11) is 1.51. The second kappa shape index (κ2) is 7.47. The van der Waals surface area contributed by atoms with E-state index in [1.165, 1.54) is 18.4 Å². The molecule has 0 unspecified atom stereocenters. The summed E-state index contributed by atoms with van der Waals surface area (Å²) in [6, 6.07) is 6.75. The smallest absolute Gasteiger partial charge is 0.283 e. The summed E-state index contributed by atoms with van der Waals surface area (Å²) in [6.45, 7) is 6.30. The predicted molar refractivity (Wildman–Crippen MR) is 100 cm³/mol. The zero-order valence-corrected chi connectivity index (χ0v) is 16.4. The standard InChI is InChI=1S/C18H18ClN3O3S/c1-10-7-14(25-21-10)9-22-11(2)12(3)26-18(22)20-17(23)15-8-13(19)5-6-16(15)24-4/h5-8H,9H2,1-4H3/b20-18-. The number of hydrogen-bond acceptors (Lipinski definition) is 5. The average molecular weight is 392 g/mol. The highest BCUT2D eigenvalue weighted by Crippen LogP contribution is 2.23. The van der Waals surface area contributed by atoms with Gasteiger partial charge in [-0.1, -0.05) is 16.8 Å². The van der Waals surface area contributed by atoms with Crippen LogP contribution < -0.4 is 9.54 Å². The predicted octanol–water partition coefficient (Wildman–Crippen LogP) is 3.91. The van der Waals surface area contributed by atoms with Gasteiger partial charge in [0.15, 0.2) is 10.6 Å². The Balaban J connectivity index is 2.05. The van der Waals surface area contributed by atoms with Crippen molar-refractivity contribution in [1.82, 2.24) is 9.72 Å². The van der Waals surface area contributed by atoms with Crippen molar-refractivity contribution in [3.8, 4) is 5.75 Å². The number of hydrogen-bond donors (Lipinski definition) is 0. The summed E-state index contributed by atoms with van der Waals surface area (Å²) in [5, 5.41) is 4.36. The molecule has 6 nitrogen and oxygen atoms in total. The third kappa shape index (κ3) is 3.73. The first-order valence-corrected chi connectivity index (χ1v) is 9.10. The maximum absolute atomic E-state index is 12.7. The first-order valence-electron chi connectivity index (χ1n) is 7.90. The van der Waals surface area contributed by atoms with Gasteiger partial charge in [-0.15, -0.1) is 11.3 Å². The van der Waals surface area contributed by atoms with Crippen molar-refractivity contribution >= 4 is 28.8 Å². The molecule has 26 heavy (non-hydrogen) atoms. The van der Waals surface area contributed by atoms with Crippen molar-refractivity contribution in [2.75, 3.05) is 7.11 Å². The molecule has 0 aliphatic rings. The number of rotatable bonds is 4. The zero-order chi connectivity index (χ0) is 18.8. The summed E-state index contributed by atoms with van der Waals surface area (Å²) in [4.78, 5) is 18.7. The van der Waals surface area contributed by atoms with E-state index in [1.807, 2.05) is 31.4 Å². The minimum absolute atomic E-state index is 0.325. The van der Waals surface area contributed by atoms with Gasteiger partial charge in [0.05, 0.1) is 24.9 Å². The molecule has 0 spiro atoms. The van der Waals surface area contributed by atoms with Crippen LogP contribution in [-0.4, -0.2) is 22.7 Å². The quantitative estimate of drug-likeness (QED) is 0.676. The van der Waals surface area contributed by atoms with E-state index in [4.69, 9.17) is 20.9 Å². The van der Waals surface area contributed by atoms with E-state index in [1.54, 1.807) is 18.2 Å². The first-order chi connectivity index (χ1) is 12.4. The largest absolute Gasteiger partial charge is 0.496 e. The maximum atomic E-state index is 12.7. The number of amides is 1. The molecule has 1 aromatic carbocycles. The van der Waals surface area contributed by atoms with Crippen molar-refractivity contribution in [2.45, 2.75) is 27.3 Å². The van der Waals surface area contributed by atoms with Crippen LogP contribution in [0, 0.1) is 20.8 Å². The molecule has 0 saturated carbocycles. The van der Waals surface area contributed by atoms with Crippen LogP contribution in [0.15, 0.2) is 33.8 Å². The van der Waals surface area contributed by atoms with Gasteiger partial charge in [-0.05, 0) is 39.0 Å². The highest BCUT2D eigenvalue weighted by molar-refractivity contribution is 7.09. The molecule has 0 radical (unpaired) electrons. The average Bonchev–Trinajstić information content (AvgIpc) is 3.13. The van der Waals surface area contributed by atoms with E-state index < -0.39 is 5.91 Å². The number of aryl methyl sites for hydroxylation is 2. The number of ether oxygens (including phenoxy) is 1. The molecule has 136 valence electrons. The van der Waals surface area contributed by atoms with E-state index in [-0.39, 0.29) is 0 Å². The van der Waals surface area contributed by atoms with Crippen LogP contribution in [0.25, 0.3) is 0 Å². The second-order valence-corrected chi connectivity index (χ2v) is 7.43. The minimum Gasteiger partial charge on any atom is -0.496 e. The number of methoxy groups -OCH3 is 1. The van der Waals surface area contributed by atoms with Crippen LogP contribution in [0.1, 0.15) is 32.4 Å². The zero-order valence-electron chi connectivity index (χ0n) is 14.9. The van der Waals surface area contributed by atoms with Gasteiger partial charge in [-0.25, -0.2) is 0 Å². The van der Waals surface area contributed by atoms with Crippen LogP contribution in [-0.2, 0) is 6.54 Å².